The molecule has 2 atom stereocenters. The molecule has 27 heavy (non-hydrogen) atoms. The summed E-state index contributed by atoms with van der Waals surface area (Å²) in [6, 6.07) is 3.25. The zero-order valence-corrected chi connectivity index (χ0v) is 15.1. The molecule has 5 heterocycles. The molecule has 5 rings (SSSR count). The number of carbonyl (C=O) groups excluding carboxylic acids is 3. The van der Waals surface area contributed by atoms with Gasteiger partial charge in [-0.1, -0.05) is 0 Å². The molecule has 0 aliphatic carbocycles. The van der Waals surface area contributed by atoms with Gasteiger partial charge in [0.05, 0.1) is 11.9 Å². The lowest BCUT2D eigenvalue weighted by Crippen LogP contribution is -2.50. The van der Waals surface area contributed by atoms with Gasteiger partial charge in [-0.15, -0.1) is 0 Å². The second-order valence-corrected chi connectivity index (χ2v) is 7.19. The molecule has 3 fully saturated rings. The number of aromatic nitrogens is 3. The summed E-state index contributed by atoms with van der Waals surface area (Å²) in [6.07, 6.45) is 7.96. The molecule has 2 bridgehead atoms. The molecule has 8 nitrogen and oxygen atoms in total. The molecule has 3 saturated heterocycles. The fraction of sp³-hybridized carbons (Fsp3) is 0.421. The van der Waals surface area contributed by atoms with Crippen LogP contribution in [-0.4, -0.2) is 67.6 Å². The quantitative estimate of drug-likeness (QED) is 0.590. The lowest BCUT2D eigenvalue weighted by atomic mass is 9.94. The van der Waals surface area contributed by atoms with Crippen LogP contribution in [0.25, 0.3) is 0 Å². The van der Waals surface area contributed by atoms with Crippen LogP contribution in [-0.2, 0) is 11.8 Å². The van der Waals surface area contributed by atoms with Crippen LogP contribution < -0.4 is 0 Å². The summed E-state index contributed by atoms with van der Waals surface area (Å²) in [5, 5.41) is 0. The Morgan fingerprint density at radius 3 is 2.67 bits per heavy atom. The van der Waals surface area contributed by atoms with Gasteiger partial charge in [0.1, 0.15) is 5.69 Å². The normalized spacial score (nSPS) is 21.8. The summed E-state index contributed by atoms with van der Waals surface area (Å²) in [6.45, 7) is 1.48. The van der Waals surface area contributed by atoms with Crippen LogP contribution in [0.5, 0.6) is 0 Å². The molecule has 140 valence electrons. The van der Waals surface area contributed by atoms with Crippen molar-refractivity contribution in [1.82, 2.24) is 24.3 Å². The first kappa shape index (κ1) is 17.4. The van der Waals surface area contributed by atoms with Crippen LogP contribution in [0.1, 0.15) is 33.8 Å². The molecule has 0 radical (unpaired) electrons. The van der Waals surface area contributed by atoms with Crippen LogP contribution in [0.3, 0.4) is 0 Å². The third-order valence-electron chi connectivity index (χ3n) is 5.41. The first-order valence-corrected chi connectivity index (χ1v) is 9.06. The highest BCUT2D eigenvalue weighted by Crippen LogP contribution is 2.29. The number of carbonyl (C=O) groups is 3. The summed E-state index contributed by atoms with van der Waals surface area (Å²) in [7, 11) is 1.75. The fourth-order valence-corrected chi connectivity index (χ4v) is 4.01. The van der Waals surface area contributed by atoms with E-state index < -0.39 is 11.7 Å². The van der Waals surface area contributed by atoms with E-state index >= 15 is 0 Å². The molecule has 2 aromatic rings. The molecular formula is C19H21N5O3. The summed E-state index contributed by atoms with van der Waals surface area (Å²) < 4.78 is 1.65. The van der Waals surface area contributed by atoms with E-state index in [2.05, 4.69) is 9.97 Å². The molecule has 2 aromatic heterocycles. The maximum Gasteiger partial charge on any atom is 0.296 e. The van der Waals surface area contributed by atoms with Crippen LogP contribution >= 0.6 is 0 Å². The van der Waals surface area contributed by atoms with Crippen LogP contribution in [0.15, 0.2) is 36.9 Å². The summed E-state index contributed by atoms with van der Waals surface area (Å²) in [5.41, 5.74) is 0.684. The lowest BCUT2D eigenvalue weighted by Gasteiger charge is -2.35. The molecule has 0 saturated carbocycles. The third kappa shape index (κ3) is 3.22. The Morgan fingerprint density at radius 2 is 1.96 bits per heavy atom. The number of Topliss-reactive ketones (excluding diaryl/α,β-unsaturated/α-hetero) is 1. The van der Waals surface area contributed by atoms with E-state index in [1.807, 2.05) is 0 Å². The molecule has 0 spiro atoms. The number of amides is 2. The molecule has 2 unspecified atom stereocenters. The second-order valence-electron chi connectivity index (χ2n) is 7.19. The van der Waals surface area contributed by atoms with Crippen LogP contribution in [0.4, 0.5) is 0 Å². The molecule has 8 heteroatoms. The monoisotopic (exact) mass is 367 g/mol. The highest BCUT2D eigenvalue weighted by molar-refractivity contribution is 6.42. The Balaban J connectivity index is 1.53. The third-order valence-corrected chi connectivity index (χ3v) is 5.41. The first-order valence-electron chi connectivity index (χ1n) is 9.06. The van der Waals surface area contributed by atoms with Crippen molar-refractivity contribution in [2.24, 2.45) is 13.0 Å². The van der Waals surface area contributed by atoms with Gasteiger partial charge in [-0.3, -0.25) is 19.4 Å². The van der Waals surface area contributed by atoms with Gasteiger partial charge in [-0.25, -0.2) is 4.98 Å². The van der Waals surface area contributed by atoms with Gasteiger partial charge < -0.3 is 14.4 Å². The maximum absolute atomic E-state index is 12.9. The van der Waals surface area contributed by atoms with Gasteiger partial charge in [0.15, 0.2) is 0 Å². The lowest BCUT2D eigenvalue weighted by molar-refractivity contribution is -0.130. The van der Waals surface area contributed by atoms with E-state index in [9.17, 15) is 14.4 Å². The summed E-state index contributed by atoms with van der Waals surface area (Å²) >= 11 is 0. The zero-order valence-electron chi connectivity index (χ0n) is 15.1. The fourth-order valence-electron chi connectivity index (χ4n) is 4.01. The summed E-state index contributed by atoms with van der Waals surface area (Å²) in [5.74, 6) is -1.00. The van der Waals surface area contributed by atoms with Gasteiger partial charge in [0.2, 0.25) is 0 Å². The van der Waals surface area contributed by atoms with E-state index in [0.29, 0.717) is 31.0 Å². The Hall–Kier alpha value is -3.03. The standard InChI is InChI=1S/C19H21N5O3/c1-22-8-2-3-16(22)17(25)19(27)24-11-13-4-5-14(24)12-23(10-13)18(26)15-9-20-6-7-21-15/h2-3,6-9,13-14H,4-5,10-12H2,1H3. The number of rotatable bonds is 3. The van der Waals surface area contributed by atoms with Crippen molar-refractivity contribution < 1.29 is 14.4 Å². The minimum atomic E-state index is -0.498. The van der Waals surface area contributed by atoms with Gasteiger partial charge in [-0.2, -0.15) is 0 Å². The Kier molecular flexibility index (Phi) is 4.47. The minimum absolute atomic E-state index is 0.152. The molecule has 0 aromatic carbocycles. The van der Waals surface area contributed by atoms with E-state index in [4.69, 9.17) is 0 Å². The van der Waals surface area contributed by atoms with E-state index in [0.717, 1.165) is 12.8 Å². The topological polar surface area (TPSA) is 88.4 Å². The number of piperidine rings is 1. The molecular weight excluding hydrogens is 346 g/mol. The van der Waals surface area contributed by atoms with Crippen molar-refractivity contribution in [3.8, 4) is 0 Å². The highest BCUT2D eigenvalue weighted by atomic mass is 16.2. The van der Waals surface area contributed by atoms with Crippen LogP contribution in [0.2, 0.25) is 0 Å². The van der Waals surface area contributed by atoms with Crippen molar-refractivity contribution in [3.63, 3.8) is 0 Å². The Bertz CT molecular complexity index is 878. The van der Waals surface area contributed by atoms with E-state index in [1.54, 1.807) is 39.7 Å². The van der Waals surface area contributed by atoms with Gasteiger partial charge in [0, 0.05) is 51.3 Å². The number of aryl methyl sites for hydroxylation is 1. The molecule has 2 amide bonds. The zero-order chi connectivity index (χ0) is 19.0. The van der Waals surface area contributed by atoms with Crippen molar-refractivity contribution >= 4 is 17.6 Å². The smallest absolute Gasteiger partial charge is 0.296 e. The number of fused-ring (bicyclic) bond motifs is 4. The Morgan fingerprint density at radius 1 is 1.11 bits per heavy atom. The average Bonchev–Trinajstić information content (AvgIpc) is 2.92. The van der Waals surface area contributed by atoms with E-state index in [1.165, 1.54) is 18.6 Å². The van der Waals surface area contributed by atoms with Gasteiger partial charge in [-0.05, 0) is 30.9 Å². The molecule has 3 aliphatic rings. The second kappa shape index (κ2) is 6.94. The molecule has 3 aliphatic heterocycles. The SMILES string of the molecule is Cn1cccc1C(=O)C(=O)N1CC2CCC1CN(C(=O)c1cnccn1)C2. The van der Waals surface area contributed by atoms with Crippen molar-refractivity contribution in [1.29, 1.82) is 0 Å². The highest BCUT2D eigenvalue weighted by Gasteiger charge is 2.41. The van der Waals surface area contributed by atoms with Crippen molar-refractivity contribution in [2.45, 2.75) is 18.9 Å². The number of ketones is 1. The first-order chi connectivity index (χ1) is 13.0. The number of hydrogen-bond donors (Lipinski definition) is 0. The van der Waals surface area contributed by atoms with Crippen molar-refractivity contribution in [3.05, 3.63) is 48.3 Å². The predicted molar refractivity (Wildman–Crippen MR) is 95.9 cm³/mol. The number of hydrogen-bond acceptors (Lipinski definition) is 5. The average molecular weight is 367 g/mol. The van der Waals surface area contributed by atoms with Crippen molar-refractivity contribution in [2.75, 3.05) is 19.6 Å². The molecule has 0 N–H and O–H groups in total. The van der Waals surface area contributed by atoms with Gasteiger partial charge in [0.25, 0.3) is 17.6 Å². The maximum atomic E-state index is 12.9. The number of nitrogens with zero attached hydrogens (tertiary/aromatic N) is 5. The van der Waals surface area contributed by atoms with Gasteiger partial charge >= 0.3 is 0 Å². The predicted octanol–water partition coefficient (Wildman–Crippen LogP) is 0.761. The minimum Gasteiger partial charge on any atom is -0.348 e. The van der Waals surface area contributed by atoms with Crippen LogP contribution in [0, 0.1) is 5.92 Å². The Labute approximate surface area is 156 Å². The summed E-state index contributed by atoms with van der Waals surface area (Å²) in [4.78, 5) is 49.7. The largest absolute Gasteiger partial charge is 0.348 e. The van der Waals surface area contributed by atoms with E-state index in [-0.39, 0.29) is 17.9 Å².